The molecule has 0 saturated carbocycles. The van der Waals surface area contributed by atoms with E-state index in [4.69, 9.17) is 17.3 Å². The maximum atomic E-state index is 11.6. The quantitative estimate of drug-likeness (QED) is 0.817. The predicted molar refractivity (Wildman–Crippen MR) is 79.6 cm³/mol. The molecule has 1 fully saturated rings. The van der Waals surface area contributed by atoms with E-state index in [9.17, 15) is 4.79 Å². The van der Waals surface area contributed by atoms with Crippen molar-refractivity contribution in [3.63, 3.8) is 0 Å². The summed E-state index contributed by atoms with van der Waals surface area (Å²) < 4.78 is 0. The third-order valence-electron chi connectivity index (χ3n) is 3.77. The third kappa shape index (κ3) is 2.95. The summed E-state index contributed by atoms with van der Waals surface area (Å²) >= 11 is 6.09. The normalized spacial score (nSPS) is 16.5. The largest absolute Gasteiger partial charge is 0.398 e. The fraction of sp³-hybridized carbons (Fsp3) is 0.500. The molecule has 0 unspecified atom stereocenters. The minimum absolute atomic E-state index is 0.130. The number of rotatable bonds is 2. The molecule has 1 heterocycles. The zero-order valence-electron chi connectivity index (χ0n) is 11.4. The number of nitrogens with zero attached hydrogens (tertiary/aromatic N) is 1. The summed E-state index contributed by atoms with van der Waals surface area (Å²) in [4.78, 5) is 13.9. The molecule has 0 atom stereocenters. The van der Waals surface area contributed by atoms with E-state index in [1.54, 1.807) is 7.05 Å². The lowest BCUT2D eigenvalue weighted by Gasteiger charge is -2.34. The van der Waals surface area contributed by atoms with E-state index in [0.29, 0.717) is 10.7 Å². The summed E-state index contributed by atoms with van der Waals surface area (Å²) in [5.74, 6) is 0.275. The number of piperidine rings is 1. The standard InChI is InChI=1S/C14H20ClN3O/c1-9-7-12(16)11(15)8-13(9)18-5-3-10(4-6-18)14(19)17-2/h7-8,10H,3-6,16H2,1-2H3,(H,17,19). The van der Waals surface area contributed by atoms with Gasteiger partial charge in [-0.1, -0.05) is 11.6 Å². The molecule has 2 rings (SSSR count). The number of anilines is 2. The van der Waals surface area contributed by atoms with Crippen molar-refractivity contribution in [2.45, 2.75) is 19.8 Å². The van der Waals surface area contributed by atoms with Crippen LogP contribution in [0.4, 0.5) is 11.4 Å². The Morgan fingerprint density at radius 2 is 2.05 bits per heavy atom. The molecule has 1 aromatic carbocycles. The van der Waals surface area contributed by atoms with Crippen molar-refractivity contribution in [3.8, 4) is 0 Å². The smallest absolute Gasteiger partial charge is 0.222 e. The van der Waals surface area contributed by atoms with Gasteiger partial charge in [-0.3, -0.25) is 4.79 Å². The van der Waals surface area contributed by atoms with Gasteiger partial charge in [-0.15, -0.1) is 0 Å². The number of halogens is 1. The maximum absolute atomic E-state index is 11.6. The number of nitrogen functional groups attached to an aromatic ring is 1. The van der Waals surface area contributed by atoms with E-state index in [2.05, 4.69) is 10.2 Å². The Bertz CT molecular complexity index is 482. The predicted octanol–water partition coefficient (Wildman–Crippen LogP) is 2.19. The van der Waals surface area contributed by atoms with Crippen LogP contribution >= 0.6 is 11.6 Å². The highest BCUT2D eigenvalue weighted by Gasteiger charge is 2.25. The van der Waals surface area contributed by atoms with E-state index in [1.807, 2.05) is 19.1 Å². The highest BCUT2D eigenvalue weighted by atomic mass is 35.5. The first-order chi connectivity index (χ1) is 9.02. The van der Waals surface area contributed by atoms with Crippen LogP contribution in [0.3, 0.4) is 0 Å². The first-order valence-corrected chi connectivity index (χ1v) is 6.93. The minimum atomic E-state index is 0.130. The fourth-order valence-electron chi connectivity index (χ4n) is 2.62. The van der Waals surface area contributed by atoms with Gasteiger partial charge < -0.3 is 16.0 Å². The Morgan fingerprint density at radius 1 is 1.42 bits per heavy atom. The molecule has 19 heavy (non-hydrogen) atoms. The second-order valence-corrected chi connectivity index (χ2v) is 5.44. The number of carbonyl (C=O) groups excluding carboxylic acids is 1. The number of hydrogen-bond donors (Lipinski definition) is 2. The van der Waals surface area contributed by atoms with Crippen molar-refractivity contribution in [1.82, 2.24) is 5.32 Å². The van der Waals surface area contributed by atoms with Crippen LogP contribution < -0.4 is 16.0 Å². The van der Waals surface area contributed by atoms with Crippen molar-refractivity contribution < 1.29 is 4.79 Å². The number of amides is 1. The molecule has 0 bridgehead atoms. The second-order valence-electron chi connectivity index (χ2n) is 5.04. The van der Waals surface area contributed by atoms with Gasteiger partial charge in [-0.2, -0.15) is 0 Å². The third-order valence-corrected chi connectivity index (χ3v) is 4.10. The summed E-state index contributed by atoms with van der Waals surface area (Å²) in [6, 6.07) is 3.83. The molecule has 0 aromatic heterocycles. The van der Waals surface area contributed by atoms with Gasteiger partial charge in [0.2, 0.25) is 5.91 Å². The number of hydrogen-bond acceptors (Lipinski definition) is 3. The van der Waals surface area contributed by atoms with E-state index in [0.717, 1.165) is 37.2 Å². The lowest BCUT2D eigenvalue weighted by atomic mass is 9.95. The molecular weight excluding hydrogens is 262 g/mol. The molecular formula is C14H20ClN3O. The van der Waals surface area contributed by atoms with Gasteiger partial charge in [0.25, 0.3) is 0 Å². The van der Waals surface area contributed by atoms with Crippen molar-refractivity contribution in [2.75, 3.05) is 30.8 Å². The van der Waals surface area contributed by atoms with Gasteiger partial charge in [-0.25, -0.2) is 0 Å². The van der Waals surface area contributed by atoms with Crippen LogP contribution in [0.15, 0.2) is 12.1 Å². The van der Waals surface area contributed by atoms with Gasteiger partial charge in [0, 0.05) is 31.7 Å². The number of nitrogens with one attached hydrogen (secondary N) is 1. The Kier molecular flexibility index (Phi) is 4.20. The molecule has 1 aliphatic rings. The van der Waals surface area contributed by atoms with Crippen molar-refractivity contribution >= 4 is 28.9 Å². The summed E-state index contributed by atoms with van der Waals surface area (Å²) in [6.07, 6.45) is 1.75. The molecule has 0 spiro atoms. The molecule has 5 heteroatoms. The van der Waals surface area contributed by atoms with Gasteiger partial charge >= 0.3 is 0 Å². The molecule has 0 radical (unpaired) electrons. The average molecular weight is 282 g/mol. The number of aryl methyl sites for hydroxylation is 1. The van der Waals surface area contributed by atoms with Gasteiger partial charge in [-0.05, 0) is 37.5 Å². The first kappa shape index (κ1) is 14.0. The molecule has 4 nitrogen and oxygen atoms in total. The molecule has 1 saturated heterocycles. The van der Waals surface area contributed by atoms with Crippen LogP contribution in [0.5, 0.6) is 0 Å². The van der Waals surface area contributed by atoms with E-state index in [1.165, 1.54) is 0 Å². The van der Waals surface area contributed by atoms with Crippen molar-refractivity contribution in [3.05, 3.63) is 22.7 Å². The summed E-state index contributed by atoms with van der Waals surface area (Å²) in [6.45, 7) is 3.78. The number of carbonyl (C=O) groups is 1. The SMILES string of the molecule is CNC(=O)C1CCN(c2cc(Cl)c(N)cc2C)CC1. The Hall–Kier alpha value is -1.42. The highest BCUT2D eigenvalue weighted by molar-refractivity contribution is 6.33. The van der Waals surface area contributed by atoms with Gasteiger partial charge in [0.05, 0.1) is 10.7 Å². The summed E-state index contributed by atoms with van der Waals surface area (Å²) in [5, 5.41) is 3.31. The monoisotopic (exact) mass is 281 g/mol. The Labute approximate surface area is 118 Å². The molecule has 0 aliphatic carbocycles. The highest BCUT2D eigenvalue weighted by Crippen LogP contribution is 2.31. The Morgan fingerprint density at radius 3 is 2.63 bits per heavy atom. The fourth-order valence-corrected chi connectivity index (χ4v) is 2.78. The van der Waals surface area contributed by atoms with Crippen LogP contribution in [0, 0.1) is 12.8 Å². The maximum Gasteiger partial charge on any atom is 0.222 e. The lowest BCUT2D eigenvalue weighted by Crippen LogP contribution is -2.39. The summed E-state index contributed by atoms with van der Waals surface area (Å²) in [7, 11) is 1.69. The number of benzene rings is 1. The summed E-state index contributed by atoms with van der Waals surface area (Å²) in [5.41, 5.74) is 8.65. The van der Waals surface area contributed by atoms with Crippen LogP contribution in [-0.2, 0) is 4.79 Å². The van der Waals surface area contributed by atoms with E-state index < -0.39 is 0 Å². The molecule has 1 aliphatic heterocycles. The molecule has 1 aromatic rings. The second kappa shape index (κ2) is 5.70. The van der Waals surface area contributed by atoms with Gasteiger partial charge in [0.1, 0.15) is 0 Å². The van der Waals surface area contributed by atoms with E-state index in [-0.39, 0.29) is 11.8 Å². The Balaban J connectivity index is 2.10. The zero-order valence-corrected chi connectivity index (χ0v) is 12.1. The van der Waals surface area contributed by atoms with Crippen LogP contribution in [0.1, 0.15) is 18.4 Å². The first-order valence-electron chi connectivity index (χ1n) is 6.55. The van der Waals surface area contributed by atoms with Crippen molar-refractivity contribution in [1.29, 1.82) is 0 Å². The molecule has 3 N–H and O–H groups in total. The number of nitrogens with two attached hydrogens (primary N) is 1. The van der Waals surface area contributed by atoms with E-state index >= 15 is 0 Å². The van der Waals surface area contributed by atoms with Gasteiger partial charge in [0.15, 0.2) is 0 Å². The van der Waals surface area contributed by atoms with Crippen LogP contribution in [0.2, 0.25) is 5.02 Å². The molecule has 1 amide bonds. The van der Waals surface area contributed by atoms with Crippen LogP contribution in [-0.4, -0.2) is 26.0 Å². The van der Waals surface area contributed by atoms with Crippen LogP contribution in [0.25, 0.3) is 0 Å². The van der Waals surface area contributed by atoms with Crippen molar-refractivity contribution in [2.24, 2.45) is 5.92 Å². The lowest BCUT2D eigenvalue weighted by molar-refractivity contribution is -0.125. The topological polar surface area (TPSA) is 58.4 Å². The minimum Gasteiger partial charge on any atom is -0.398 e. The molecule has 104 valence electrons. The zero-order chi connectivity index (χ0) is 14.0. The average Bonchev–Trinajstić information content (AvgIpc) is 2.42.